The lowest BCUT2D eigenvalue weighted by Crippen LogP contribution is -2.46. The maximum atomic E-state index is 13.6. The van der Waals surface area contributed by atoms with Crippen LogP contribution in [0.2, 0.25) is 0 Å². The first-order valence-corrected chi connectivity index (χ1v) is 14.4. The van der Waals surface area contributed by atoms with Gasteiger partial charge in [-0.05, 0) is 25.2 Å². The summed E-state index contributed by atoms with van der Waals surface area (Å²) >= 11 is 1.77. The highest BCUT2D eigenvalue weighted by Gasteiger charge is 2.25. The van der Waals surface area contributed by atoms with E-state index >= 15 is 0 Å². The van der Waals surface area contributed by atoms with Gasteiger partial charge in [0.25, 0.3) is 5.91 Å². The van der Waals surface area contributed by atoms with E-state index in [1.54, 1.807) is 46.7 Å². The molecular weight excluding hydrogens is 542 g/mol. The lowest BCUT2D eigenvalue weighted by molar-refractivity contribution is -0.0175. The number of amides is 1. The summed E-state index contributed by atoms with van der Waals surface area (Å²) in [7, 11) is 3.69. The minimum atomic E-state index is -0.286. The van der Waals surface area contributed by atoms with E-state index in [9.17, 15) is 4.79 Å². The fourth-order valence-corrected chi connectivity index (χ4v) is 6.19. The van der Waals surface area contributed by atoms with Gasteiger partial charge in [0.05, 0.1) is 53.9 Å². The Hall–Kier alpha value is -4.20. The molecule has 2 N–H and O–H groups in total. The van der Waals surface area contributed by atoms with Crippen LogP contribution in [0.25, 0.3) is 33.5 Å². The molecule has 41 heavy (non-hydrogen) atoms. The van der Waals surface area contributed by atoms with Crippen molar-refractivity contribution in [2.24, 2.45) is 0 Å². The van der Waals surface area contributed by atoms with E-state index in [0.717, 1.165) is 52.7 Å². The number of nitrogens with zero attached hydrogens (tertiary/aromatic N) is 7. The molecule has 0 aliphatic carbocycles. The van der Waals surface area contributed by atoms with Gasteiger partial charge in [-0.2, -0.15) is 10.2 Å². The maximum Gasteiger partial charge on any atom is 0.272 e. The van der Waals surface area contributed by atoms with E-state index in [2.05, 4.69) is 38.7 Å². The third kappa shape index (κ3) is 4.75. The minimum Gasteiger partial charge on any atom is -0.494 e. The van der Waals surface area contributed by atoms with Crippen molar-refractivity contribution >= 4 is 39.9 Å². The molecule has 0 saturated carbocycles. The van der Waals surface area contributed by atoms with Crippen molar-refractivity contribution in [2.45, 2.75) is 11.0 Å². The minimum absolute atomic E-state index is 0.0795. The lowest BCUT2D eigenvalue weighted by atomic mass is 10.1. The monoisotopic (exact) mass is 571 g/mol. The van der Waals surface area contributed by atoms with Crippen LogP contribution in [0, 0.1) is 0 Å². The van der Waals surface area contributed by atoms with Crippen LogP contribution in [0.1, 0.15) is 10.5 Å². The second kappa shape index (κ2) is 10.7. The zero-order valence-corrected chi connectivity index (χ0v) is 23.5. The largest absolute Gasteiger partial charge is 0.494 e. The van der Waals surface area contributed by atoms with E-state index in [0.29, 0.717) is 35.6 Å². The highest BCUT2D eigenvalue weighted by molar-refractivity contribution is 7.99. The summed E-state index contributed by atoms with van der Waals surface area (Å²) in [5, 5.41) is 16.4. The molecule has 1 atom stereocenters. The molecule has 0 unspecified atom stereocenters. The molecule has 2 aliphatic heterocycles. The van der Waals surface area contributed by atoms with Gasteiger partial charge in [-0.1, -0.05) is 0 Å². The topological polar surface area (TPSA) is 124 Å². The second-order valence-electron chi connectivity index (χ2n) is 10.1. The van der Waals surface area contributed by atoms with Gasteiger partial charge >= 0.3 is 0 Å². The first-order valence-electron chi connectivity index (χ1n) is 13.4. The number of fused-ring (bicyclic) bond motifs is 3. The Morgan fingerprint density at radius 1 is 1.27 bits per heavy atom. The van der Waals surface area contributed by atoms with Crippen LogP contribution >= 0.6 is 11.8 Å². The van der Waals surface area contributed by atoms with Crippen molar-refractivity contribution in [3.8, 4) is 22.7 Å². The van der Waals surface area contributed by atoms with Gasteiger partial charge < -0.3 is 25.0 Å². The molecule has 7 rings (SSSR count). The van der Waals surface area contributed by atoms with E-state index < -0.39 is 0 Å². The quantitative estimate of drug-likeness (QED) is 0.314. The van der Waals surface area contributed by atoms with Crippen LogP contribution in [0.4, 0.5) is 5.69 Å². The zero-order valence-electron chi connectivity index (χ0n) is 22.7. The number of aromatic nitrogens is 6. The number of carbonyl (C=O) groups excluding carboxylic acids is 1. The van der Waals surface area contributed by atoms with Crippen LogP contribution < -0.4 is 15.4 Å². The third-order valence-electron chi connectivity index (χ3n) is 7.35. The third-order valence-corrected chi connectivity index (χ3v) is 8.41. The molecule has 2 aliphatic rings. The van der Waals surface area contributed by atoms with Gasteiger partial charge in [-0.3, -0.25) is 9.78 Å². The lowest BCUT2D eigenvalue weighted by Gasteiger charge is -2.29. The number of morpholine rings is 1. The molecule has 1 saturated heterocycles. The number of thioether (sulfide) groups is 1. The fraction of sp³-hybridized carbons (Fsp3) is 0.321. The van der Waals surface area contributed by atoms with Gasteiger partial charge in [0.1, 0.15) is 11.4 Å². The predicted octanol–water partition coefficient (Wildman–Crippen LogP) is 2.72. The highest BCUT2D eigenvalue weighted by Crippen LogP contribution is 2.39. The maximum absolute atomic E-state index is 13.6. The molecule has 6 heterocycles. The normalized spacial score (nSPS) is 17.4. The number of pyridine rings is 1. The molecule has 0 radical (unpaired) electrons. The Kier molecular flexibility index (Phi) is 6.69. The molecular formula is C28H29N9O3S. The zero-order chi connectivity index (χ0) is 27.9. The van der Waals surface area contributed by atoms with Gasteiger partial charge in [0.15, 0.2) is 11.3 Å². The number of nitrogens with one attached hydrogen (secondary N) is 2. The Morgan fingerprint density at radius 3 is 3.07 bits per heavy atom. The standard InChI is InChI=1S/C28H29N9O3S/c1-35-7-8-40-17(16-35)13-32-28(38)26-19-14-31-20(18-15-33-36-6-3-4-30-27(18)36)10-22(19)37(34-26)23-12-25-21(11-24(23)39-2)29-5-9-41-25/h3-4,6,10-12,14-15,17,29H,5,7-9,13,16H2,1-2H3,(H,32,38)/t17-/m1/s1. The number of rotatable bonds is 6. The molecule has 1 aromatic carbocycles. The van der Waals surface area contributed by atoms with Crippen LogP contribution in [0.15, 0.2) is 53.9 Å². The smallest absolute Gasteiger partial charge is 0.272 e. The van der Waals surface area contributed by atoms with Crippen LogP contribution in [-0.2, 0) is 4.74 Å². The molecule has 0 spiro atoms. The SMILES string of the molecule is COc1cc2c(cc1-n1nc(C(=O)NC[C@@H]3CN(C)CCO3)c3cnc(-c4cnn5cccnc45)cc31)SCCN2. The Morgan fingerprint density at radius 2 is 2.20 bits per heavy atom. The number of ether oxygens (including phenoxy) is 2. The summed E-state index contributed by atoms with van der Waals surface area (Å²) in [6, 6.07) is 7.79. The molecule has 1 fully saturated rings. The van der Waals surface area contributed by atoms with Crippen molar-refractivity contribution < 1.29 is 14.3 Å². The van der Waals surface area contributed by atoms with Crippen molar-refractivity contribution in [2.75, 3.05) is 58.0 Å². The van der Waals surface area contributed by atoms with Crippen LogP contribution in [0.5, 0.6) is 5.75 Å². The number of hydrogen-bond acceptors (Lipinski definition) is 10. The summed E-state index contributed by atoms with van der Waals surface area (Å²) < 4.78 is 15.1. The fourth-order valence-electron chi connectivity index (χ4n) is 5.28. The number of anilines is 1. The Bertz CT molecular complexity index is 1770. The summed E-state index contributed by atoms with van der Waals surface area (Å²) in [6.45, 7) is 3.56. The van der Waals surface area contributed by atoms with E-state index in [1.165, 1.54) is 0 Å². The average molecular weight is 572 g/mol. The summed E-state index contributed by atoms with van der Waals surface area (Å²) in [6.07, 6.45) is 6.93. The van der Waals surface area contributed by atoms with Gasteiger partial charge in [0.2, 0.25) is 0 Å². The van der Waals surface area contributed by atoms with E-state index in [-0.39, 0.29) is 17.7 Å². The number of likely N-dealkylation sites (N-methyl/N-ethyl adjacent to an activating group) is 1. The molecule has 0 bridgehead atoms. The average Bonchev–Trinajstić information content (AvgIpc) is 3.61. The van der Waals surface area contributed by atoms with Crippen molar-refractivity contribution in [3.05, 3.63) is 54.7 Å². The summed E-state index contributed by atoms with van der Waals surface area (Å²) in [5.74, 6) is 1.32. The molecule has 5 aromatic rings. The molecule has 210 valence electrons. The summed E-state index contributed by atoms with van der Waals surface area (Å²) in [5.41, 5.74) is 4.90. The number of methoxy groups -OCH3 is 1. The van der Waals surface area contributed by atoms with Gasteiger partial charge in [-0.25, -0.2) is 14.2 Å². The Labute approximate surface area is 240 Å². The molecule has 12 nitrogen and oxygen atoms in total. The number of benzene rings is 1. The molecule has 4 aromatic heterocycles. The number of carbonyl (C=O) groups is 1. The van der Waals surface area contributed by atoms with Crippen molar-refractivity contribution in [1.29, 1.82) is 0 Å². The van der Waals surface area contributed by atoms with Crippen LogP contribution in [0.3, 0.4) is 0 Å². The van der Waals surface area contributed by atoms with Crippen molar-refractivity contribution in [3.63, 3.8) is 0 Å². The molecule has 1 amide bonds. The first kappa shape index (κ1) is 25.7. The van der Waals surface area contributed by atoms with E-state index in [1.807, 2.05) is 24.4 Å². The van der Waals surface area contributed by atoms with Crippen molar-refractivity contribution in [1.82, 2.24) is 39.6 Å². The van der Waals surface area contributed by atoms with Gasteiger partial charge in [0, 0.05) is 61.5 Å². The second-order valence-corrected chi connectivity index (χ2v) is 11.2. The van der Waals surface area contributed by atoms with Crippen LogP contribution in [-0.4, -0.2) is 99.0 Å². The molecule has 13 heteroatoms. The van der Waals surface area contributed by atoms with E-state index in [4.69, 9.17) is 19.6 Å². The Balaban J connectivity index is 1.34. The highest BCUT2D eigenvalue weighted by atomic mass is 32.2. The predicted molar refractivity (Wildman–Crippen MR) is 156 cm³/mol. The van der Waals surface area contributed by atoms with Gasteiger partial charge in [-0.15, -0.1) is 11.8 Å². The number of hydrogen-bond donors (Lipinski definition) is 2. The summed E-state index contributed by atoms with van der Waals surface area (Å²) in [4.78, 5) is 26.1. The first-order chi connectivity index (χ1) is 20.1.